The van der Waals surface area contributed by atoms with E-state index in [-0.39, 0.29) is 17.3 Å². The summed E-state index contributed by atoms with van der Waals surface area (Å²) < 4.78 is 38.8. The number of rotatable bonds is 7. The normalized spacial score (nSPS) is 19.8. The van der Waals surface area contributed by atoms with Crippen molar-refractivity contribution in [2.24, 2.45) is 0 Å². The number of hydrogen-bond acceptors (Lipinski definition) is 9. The number of nitrogens with one attached hydrogen (secondary N) is 1. The molecule has 6 rings (SSSR count). The minimum atomic E-state index is -2.88. The highest BCUT2D eigenvalue weighted by molar-refractivity contribution is 7.91. The number of aryl methyl sites for hydroxylation is 1. The molecular weight excluding hydrogens is 525 g/mol. The SMILES string of the molecule is CCc1nc2ccc(N3CCC(N4CCS(=O)(=O)CC4)C3)nn2c1NCc1nc(-c2ccc(F)cc2)cs1. The molecule has 38 heavy (non-hydrogen) atoms. The van der Waals surface area contributed by atoms with E-state index in [1.807, 2.05) is 22.0 Å². The van der Waals surface area contributed by atoms with E-state index >= 15 is 0 Å². The molecule has 200 valence electrons. The molecule has 1 unspecified atom stereocenters. The zero-order valence-corrected chi connectivity index (χ0v) is 22.8. The van der Waals surface area contributed by atoms with Crippen LogP contribution in [0.15, 0.2) is 41.8 Å². The van der Waals surface area contributed by atoms with E-state index in [1.54, 1.807) is 23.5 Å². The van der Waals surface area contributed by atoms with Crippen LogP contribution in [0.1, 0.15) is 24.0 Å². The molecule has 0 saturated carbocycles. The van der Waals surface area contributed by atoms with Crippen molar-refractivity contribution in [2.45, 2.75) is 32.4 Å². The fraction of sp³-hybridized carbons (Fsp3) is 0.423. The molecule has 1 aromatic carbocycles. The highest BCUT2D eigenvalue weighted by Crippen LogP contribution is 2.27. The molecule has 2 aliphatic rings. The molecule has 0 bridgehead atoms. The van der Waals surface area contributed by atoms with Gasteiger partial charge in [-0.25, -0.2) is 22.8 Å². The van der Waals surface area contributed by atoms with Crippen LogP contribution in [0, 0.1) is 5.82 Å². The molecule has 1 atom stereocenters. The average molecular weight is 556 g/mol. The lowest BCUT2D eigenvalue weighted by molar-refractivity contribution is 0.227. The van der Waals surface area contributed by atoms with E-state index in [0.29, 0.717) is 25.7 Å². The largest absolute Gasteiger partial charge is 0.362 e. The third-order valence-electron chi connectivity index (χ3n) is 7.35. The second kappa shape index (κ2) is 10.2. The molecule has 3 aromatic heterocycles. The quantitative estimate of drug-likeness (QED) is 0.371. The molecule has 0 spiro atoms. The standard InChI is InChI=1S/C26H30FN7O2S2/c1-2-21-26(28-15-25-30-22(17-37-25)18-3-5-19(27)6-4-18)34-23(29-21)7-8-24(31-34)33-10-9-20(16-33)32-11-13-38(35,36)14-12-32/h3-8,17,20,28H,2,9-16H2,1H3. The van der Waals surface area contributed by atoms with Crippen molar-refractivity contribution in [1.29, 1.82) is 0 Å². The topological polar surface area (TPSA) is 95.7 Å². The van der Waals surface area contributed by atoms with Crippen molar-refractivity contribution in [1.82, 2.24) is 24.5 Å². The van der Waals surface area contributed by atoms with Crippen LogP contribution in [0.2, 0.25) is 0 Å². The van der Waals surface area contributed by atoms with Gasteiger partial charge >= 0.3 is 0 Å². The Morgan fingerprint density at radius 1 is 1.08 bits per heavy atom. The predicted molar refractivity (Wildman–Crippen MR) is 148 cm³/mol. The molecule has 12 heteroatoms. The third kappa shape index (κ3) is 5.12. The molecule has 0 amide bonds. The molecular formula is C26H30FN7O2S2. The maximum atomic E-state index is 13.3. The lowest BCUT2D eigenvalue weighted by Crippen LogP contribution is -2.47. The molecule has 5 heterocycles. The number of aromatic nitrogens is 4. The van der Waals surface area contributed by atoms with Crippen LogP contribution >= 0.6 is 11.3 Å². The van der Waals surface area contributed by atoms with Gasteiger partial charge in [-0.05, 0) is 49.2 Å². The van der Waals surface area contributed by atoms with Gasteiger partial charge in [-0.1, -0.05) is 6.92 Å². The predicted octanol–water partition coefficient (Wildman–Crippen LogP) is 3.48. The number of benzene rings is 1. The Bertz CT molecular complexity index is 1540. The van der Waals surface area contributed by atoms with Crippen LogP contribution in [0.3, 0.4) is 0 Å². The van der Waals surface area contributed by atoms with Crippen LogP contribution in [0.4, 0.5) is 16.0 Å². The summed E-state index contributed by atoms with van der Waals surface area (Å²) in [6.07, 6.45) is 1.76. The number of sulfone groups is 1. The summed E-state index contributed by atoms with van der Waals surface area (Å²) in [6.45, 7) is 5.55. The monoisotopic (exact) mass is 555 g/mol. The van der Waals surface area contributed by atoms with Gasteiger partial charge in [-0.2, -0.15) is 4.52 Å². The fourth-order valence-electron chi connectivity index (χ4n) is 5.21. The summed E-state index contributed by atoms with van der Waals surface area (Å²) in [7, 11) is -2.88. The third-order valence-corrected chi connectivity index (χ3v) is 9.81. The minimum Gasteiger partial charge on any atom is -0.362 e. The Kier molecular flexibility index (Phi) is 6.79. The van der Waals surface area contributed by atoms with Crippen LogP contribution in [0.5, 0.6) is 0 Å². The van der Waals surface area contributed by atoms with Gasteiger partial charge in [0, 0.05) is 43.2 Å². The van der Waals surface area contributed by atoms with E-state index in [1.165, 1.54) is 12.1 Å². The van der Waals surface area contributed by atoms with Gasteiger partial charge < -0.3 is 10.2 Å². The van der Waals surface area contributed by atoms with E-state index < -0.39 is 9.84 Å². The number of nitrogens with zero attached hydrogens (tertiary/aromatic N) is 6. The summed E-state index contributed by atoms with van der Waals surface area (Å²) in [5.74, 6) is 1.99. The van der Waals surface area contributed by atoms with Crippen molar-refractivity contribution in [2.75, 3.05) is 47.9 Å². The van der Waals surface area contributed by atoms with Crippen LogP contribution in [-0.4, -0.2) is 76.6 Å². The molecule has 2 fully saturated rings. The first-order chi connectivity index (χ1) is 18.4. The molecule has 9 nitrogen and oxygen atoms in total. The summed E-state index contributed by atoms with van der Waals surface area (Å²) in [6, 6.07) is 10.7. The van der Waals surface area contributed by atoms with Crippen molar-refractivity contribution in [3.63, 3.8) is 0 Å². The van der Waals surface area contributed by atoms with Gasteiger partial charge in [0.05, 0.1) is 29.4 Å². The maximum absolute atomic E-state index is 13.3. The van der Waals surface area contributed by atoms with Gasteiger partial charge in [0.2, 0.25) is 0 Å². The number of fused-ring (bicyclic) bond motifs is 1. The highest BCUT2D eigenvalue weighted by atomic mass is 32.2. The van der Waals surface area contributed by atoms with E-state index in [2.05, 4.69) is 22.0 Å². The lowest BCUT2D eigenvalue weighted by atomic mass is 10.2. The van der Waals surface area contributed by atoms with Gasteiger partial charge in [-0.15, -0.1) is 16.4 Å². The average Bonchev–Trinajstić information content (AvgIpc) is 3.66. The van der Waals surface area contributed by atoms with E-state index in [0.717, 1.165) is 65.2 Å². The minimum absolute atomic E-state index is 0.252. The fourth-order valence-corrected chi connectivity index (χ4v) is 7.18. The second-order valence-corrected chi connectivity index (χ2v) is 13.0. The van der Waals surface area contributed by atoms with Crippen LogP contribution in [-0.2, 0) is 22.8 Å². The number of thiazole rings is 1. The maximum Gasteiger partial charge on any atom is 0.156 e. The van der Waals surface area contributed by atoms with Gasteiger partial charge in [0.25, 0.3) is 0 Å². The number of anilines is 2. The van der Waals surface area contributed by atoms with Crippen molar-refractivity contribution in [3.8, 4) is 11.3 Å². The summed E-state index contributed by atoms with van der Waals surface area (Å²) in [5.41, 5.74) is 3.45. The highest BCUT2D eigenvalue weighted by Gasteiger charge is 2.32. The first-order valence-corrected chi connectivity index (χ1v) is 15.6. The van der Waals surface area contributed by atoms with Gasteiger partial charge in [-0.3, -0.25) is 4.90 Å². The van der Waals surface area contributed by atoms with Crippen molar-refractivity contribution in [3.05, 3.63) is 58.3 Å². The first-order valence-electron chi connectivity index (χ1n) is 12.9. The Morgan fingerprint density at radius 2 is 1.87 bits per heavy atom. The lowest BCUT2D eigenvalue weighted by Gasteiger charge is -2.32. The van der Waals surface area contributed by atoms with E-state index in [9.17, 15) is 12.8 Å². The number of halogens is 1. The van der Waals surface area contributed by atoms with Crippen molar-refractivity contribution < 1.29 is 12.8 Å². The molecule has 0 aliphatic carbocycles. The van der Waals surface area contributed by atoms with E-state index in [4.69, 9.17) is 15.1 Å². The zero-order chi connectivity index (χ0) is 26.3. The summed E-state index contributed by atoms with van der Waals surface area (Å²) in [4.78, 5) is 14.1. The second-order valence-electron chi connectivity index (χ2n) is 9.79. The Morgan fingerprint density at radius 3 is 2.63 bits per heavy atom. The van der Waals surface area contributed by atoms with Gasteiger partial charge in [0.1, 0.15) is 16.6 Å². The zero-order valence-electron chi connectivity index (χ0n) is 21.2. The molecule has 2 aliphatic heterocycles. The summed E-state index contributed by atoms with van der Waals surface area (Å²) >= 11 is 1.56. The summed E-state index contributed by atoms with van der Waals surface area (Å²) in [5, 5.41) is 11.4. The van der Waals surface area contributed by atoms with Gasteiger partial charge in [0.15, 0.2) is 21.3 Å². The first kappa shape index (κ1) is 25.2. The number of hydrogen-bond donors (Lipinski definition) is 1. The Balaban J connectivity index is 1.18. The van der Waals surface area contributed by atoms with Crippen LogP contribution in [0.25, 0.3) is 16.9 Å². The Labute approximate surface area is 225 Å². The Hall–Kier alpha value is -3.09. The molecule has 0 radical (unpaired) electrons. The molecule has 1 N–H and O–H groups in total. The van der Waals surface area contributed by atoms with Crippen molar-refractivity contribution >= 4 is 38.5 Å². The van der Waals surface area contributed by atoms with Crippen LogP contribution < -0.4 is 10.2 Å². The molecule has 2 saturated heterocycles. The number of imidazole rings is 1. The molecule has 4 aromatic rings. The smallest absolute Gasteiger partial charge is 0.156 e.